The second kappa shape index (κ2) is 10.8. The largest absolute Gasteiger partial charge is 0.362 e. The highest BCUT2D eigenvalue weighted by molar-refractivity contribution is 7.13. The fourth-order valence-electron chi connectivity index (χ4n) is 4.92. The van der Waals surface area contributed by atoms with Crippen LogP contribution in [-0.2, 0) is 6.54 Å². The van der Waals surface area contributed by atoms with Crippen molar-refractivity contribution < 1.29 is 0 Å². The summed E-state index contributed by atoms with van der Waals surface area (Å²) in [5.41, 5.74) is 4.99. The Bertz CT molecular complexity index is 1260. The Hall–Kier alpha value is -2.96. The Morgan fingerprint density at radius 3 is 2.51 bits per heavy atom. The van der Waals surface area contributed by atoms with Gasteiger partial charge < -0.3 is 15.5 Å². The van der Waals surface area contributed by atoms with E-state index in [-0.39, 0.29) is 0 Å². The first-order valence-electron chi connectivity index (χ1n) is 12.6. The van der Waals surface area contributed by atoms with E-state index >= 15 is 0 Å². The van der Waals surface area contributed by atoms with Crippen molar-refractivity contribution in [2.75, 3.05) is 30.9 Å². The van der Waals surface area contributed by atoms with Gasteiger partial charge in [-0.3, -0.25) is 0 Å². The van der Waals surface area contributed by atoms with Crippen LogP contribution in [-0.4, -0.2) is 36.6 Å². The van der Waals surface area contributed by atoms with Crippen molar-refractivity contribution in [2.45, 2.75) is 45.2 Å². The average Bonchev–Trinajstić information content (AvgIpc) is 3.34. The van der Waals surface area contributed by atoms with Gasteiger partial charge in [-0.25, -0.2) is 4.98 Å². The molecule has 5 nitrogen and oxygen atoms in total. The summed E-state index contributed by atoms with van der Waals surface area (Å²) >= 11 is 1.84. The van der Waals surface area contributed by atoms with E-state index in [1.807, 2.05) is 37.6 Å². The minimum absolute atomic E-state index is 0.441. The van der Waals surface area contributed by atoms with E-state index in [0.717, 1.165) is 54.5 Å². The van der Waals surface area contributed by atoms with E-state index in [1.165, 1.54) is 34.4 Å². The molecule has 0 radical (unpaired) electrons. The van der Waals surface area contributed by atoms with E-state index in [9.17, 15) is 0 Å². The van der Waals surface area contributed by atoms with Gasteiger partial charge in [-0.2, -0.15) is 4.98 Å². The number of thiophene rings is 1. The highest BCUT2D eigenvalue weighted by atomic mass is 32.1. The Morgan fingerprint density at radius 2 is 1.74 bits per heavy atom. The maximum Gasteiger partial charge on any atom is 0.225 e. The lowest BCUT2D eigenvalue weighted by Crippen LogP contribution is -2.31. The number of hydrogen-bond donors (Lipinski definition) is 2. The molecule has 2 N–H and O–H groups in total. The third kappa shape index (κ3) is 5.82. The molecule has 35 heavy (non-hydrogen) atoms. The smallest absolute Gasteiger partial charge is 0.225 e. The molecule has 6 heteroatoms. The Morgan fingerprint density at radius 1 is 0.971 bits per heavy atom. The minimum atomic E-state index is 0.441. The zero-order valence-corrected chi connectivity index (χ0v) is 21.7. The zero-order chi connectivity index (χ0) is 24.2. The lowest BCUT2D eigenvalue weighted by Gasteiger charge is -2.29. The Kier molecular flexibility index (Phi) is 7.30. The van der Waals surface area contributed by atoms with Crippen molar-refractivity contribution in [3.63, 3.8) is 0 Å². The molecule has 0 atom stereocenters. The fourth-order valence-corrected chi connectivity index (χ4v) is 5.84. The van der Waals surface area contributed by atoms with E-state index < -0.39 is 0 Å². The summed E-state index contributed by atoms with van der Waals surface area (Å²) in [5, 5.41) is 10.7. The number of para-hydroxylation sites is 1. The molecule has 1 saturated carbocycles. The fraction of sp³-hybridized carbons (Fsp3) is 0.379. The van der Waals surface area contributed by atoms with Gasteiger partial charge in [0.2, 0.25) is 5.95 Å². The molecule has 2 aromatic carbocycles. The summed E-state index contributed by atoms with van der Waals surface area (Å²) in [5.74, 6) is 2.45. The van der Waals surface area contributed by atoms with E-state index in [1.54, 1.807) is 0 Å². The van der Waals surface area contributed by atoms with Crippen LogP contribution < -0.4 is 15.5 Å². The van der Waals surface area contributed by atoms with Crippen molar-refractivity contribution in [1.82, 2.24) is 15.3 Å². The van der Waals surface area contributed by atoms with E-state index in [0.29, 0.717) is 6.04 Å². The number of benzene rings is 2. The van der Waals surface area contributed by atoms with Crippen molar-refractivity contribution in [3.05, 3.63) is 71.1 Å². The summed E-state index contributed by atoms with van der Waals surface area (Å²) in [6, 6.07) is 19.8. The minimum Gasteiger partial charge on any atom is -0.362 e. The molecule has 1 aliphatic carbocycles. The van der Waals surface area contributed by atoms with Gasteiger partial charge in [0.15, 0.2) is 0 Å². The first-order chi connectivity index (χ1) is 17.0. The van der Waals surface area contributed by atoms with Gasteiger partial charge in [0.25, 0.3) is 0 Å². The normalized spacial score (nSPS) is 18.0. The molecule has 0 bridgehead atoms. The highest BCUT2D eigenvalue weighted by Crippen LogP contribution is 2.29. The van der Waals surface area contributed by atoms with Gasteiger partial charge in [0.1, 0.15) is 5.82 Å². The summed E-state index contributed by atoms with van der Waals surface area (Å²) in [4.78, 5) is 13.0. The molecular formula is C29H35N5S. The van der Waals surface area contributed by atoms with Crippen molar-refractivity contribution in [2.24, 2.45) is 5.92 Å². The van der Waals surface area contributed by atoms with E-state index in [2.05, 4.69) is 70.3 Å². The van der Waals surface area contributed by atoms with Crippen LogP contribution >= 0.6 is 11.3 Å². The molecule has 0 aliphatic heterocycles. The number of hydrogen-bond acceptors (Lipinski definition) is 6. The van der Waals surface area contributed by atoms with Gasteiger partial charge in [0.05, 0.1) is 5.52 Å². The van der Waals surface area contributed by atoms with Crippen LogP contribution in [0.15, 0.2) is 60.0 Å². The van der Waals surface area contributed by atoms with Crippen LogP contribution in [0.4, 0.5) is 11.8 Å². The third-order valence-electron chi connectivity index (χ3n) is 6.94. The maximum atomic E-state index is 4.82. The number of aromatic nitrogens is 2. The highest BCUT2D eigenvalue weighted by Gasteiger charge is 2.22. The summed E-state index contributed by atoms with van der Waals surface area (Å²) in [6.45, 7) is 4.16. The molecule has 1 fully saturated rings. The SMILES string of the molecule is Cc1ccc(-c2cc(CNCC3CCC(Nc4nc(N(C)C)c5ccccc5n4)CC3)cs2)cc1. The van der Waals surface area contributed by atoms with Crippen molar-refractivity contribution in [3.8, 4) is 10.4 Å². The van der Waals surface area contributed by atoms with Crippen LogP contribution in [0.3, 0.4) is 0 Å². The van der Waals surface area contributed by atoms with Gasteiger partial charge in [0, 0.05) is 36.9 Å². The molecule has 4 aromatic rings. The third-order valence-corrected chi connectivity index (χ3v) is 7.97. The first kappa shape index (κ1) is 23.8. The summed E-state index contributed by atoms with van der Waals surface area (Å²) in [7, 11) is 4.08. The van der Waals surface area contributed by atoms with Crippen LogP contribution in [0, 0.1) is 12.8 Å². The van der Waals surface area contributed by atoms with Gasteiger partial charge in [-0.15, -0.1) is 11.3 Å². The monoisotopic (exact) mass is 485 g/mol. The van der Waals surface area contributed by atoms with Crippen LogP contribution in [0.1, 0.15) is 36.8 Å². The predicted octanol–water partition coefficient (Wildman–Crippen LogP) is 6.49. The van der Waals surface area contributed by atoms with Crippen LogP contribution in [0.25, 0.3) is 21.3 Å². The van der Waals surface area contributed by atoms with E-state index in [4.69, 9.17) is 9.97 Å². The second-order valence-corrected chi connectivity index (χ2v) is 10.9. The number of nitrogens with zero attached hydrogens (tertiary/aromatic N) is 3. The maximum absolute atomic E-state index is 4.82. The molecule has 182 valence electrons. The molecule has 0 amide bonds. The predicted molar refractivity (Wildman–Crippen MR) is 149 cm³/mol. The van der Waals surface area contributed by atoms with Crippen LogP contribution in [0.5, 0.6) is 0 Å². The summed E-state index contributed by atoms with van der Waals surface area (Å²) in [6.07, 6.45) is 4.79. The number of aryl methyl sites for hydroxylation is 1. The average molecular weight is 486 g/mol. The lowest BCUT2D eigenvalue weighted by molar-refractivity contribution is 0.324. The van der Waals surface area contributed by atoms with Crippen molar-refractivity contribution >= 4 is 34.0 Å². The zero-order valence-electron chi connectivity index (χ0n) is 20.9. The van der Waals surface area contributed by atoms with Gasteiger partial charge in [-0.1, -0.05) is 42.0 Å². The Balaban J connectivity index is 1.10. The Labute approximate surface area is 212 Å². The van der Waals surface area contributed by atoms with Crippen LogP contribution in [0.2, 0.25) is 0 Å². The molecule has 2 heterocycles. The second-order valence-electron chi connectivity index (χ2n) is 9.96. The lowest BCUT2D eigenvalue weighted by atomic mass is 9.86. The number of nitrogens with one attached hydrogen (secondary N) is 2. The molecule has 0 saturated heterocycles. The summed E-state index contributed by atoms with van der Waals surface area (Å²) < 4.78 is 0. The number of rotatable bonds is 8. The number of fused-ring (bicyclic) bond motifs is 1. The number of anilines is 2. The first-order valence-corrected chi connectivity index (χ1v) is 13.5. The quantitative estimate of drug-likeness (QED) is 0.299. The molecule has 0 unspecified atom stereocenters. The molecule has 0 spiro atoms. The molecule has 2 aromatic heterocycles. The topological polar surface area (TPSA) is 53.1 Å². The van der Waals surface area contributed by atoms with Gasteiger partial charge in [-0.05, 0) is 79.8 Å². The molecular weight excluding hydrogens is 450 g/mol. The van der Waals surface area contributed by atoms with Gasteiger partial charge >= 0.3 is 0 Å². The standard InChI is InChI=1S/C29H35N5S/c1-20-8-12-23(13-9-20)27-16-22(19-35-27)18-30-17-21-10-14-24(15-11-21)31-29-32-26-7-5-4-6-25(26)28(33-29)34(2)3/h4-9,12-13,16,19,21,24,30H,10-11,14-15,17-18H2,1-3H3,(H,31,32,33). The molecule has 1 aliphatic rings. The van der Waals surface area contributed by atoms with Crippen molar-refractivity contribution in [1.29, 1.82) is 0 Å². The molecule has 5 rings (SSSR count).